The fourth-order valence-electron chi connectivity index (χ4n) is 0.540. The number of hydrogen-bond donors (Lipinski definition) is 0. The number of carbonyl (C=O) groups is 3. The Bertz CT molecular complexity index is 152. The second kappa shape index (κ2) is 13.6. The first kappa shape index (κ1) is 17.1. The van der Waals surface area contributed by atoms with E-state index < -0.39 is 0 Å². The fourth-order valence-corrected chi connectivity index (χ4v) is 0.540. The first-order valence-electron chi connectivity index (χ1n) is 4.48. The largest absolute Gasteiger partial charge is 0.302 e. The van der Waals surface area contributed by atoms with E-state index >= 15 is 0 Å². The monoisotopic (exact) mass is 250 g/mol. The molecule has 0 unspecified atom stereocenters. The molecule has 0 heterocycles. The minimum absolute atomic E-state index is 0.136. The first-order chi connectivity index (χ1) is 7.12. The summed E-state index contributed by atoms with van der Waals surface area (Å²) in [6.45, 7) is 4.41. The van der Waals surface area contributed by atoms with E-state index in [-0.39, 0.29) is 19.6 Å². The molecule has 0 aliphatic rings. The quantitative estimate of drug-likeness (QED) is 0.461. The Morgan fingerprint density at radius 3 is 1.47 bits per heavy atom. The van der Waals surface area contributed by atoms with E-state index in [9.17, 15) is 14.4 Å². The van der Waals surface area contributed by atoms with Crippen LogP contribution in [0.4, 0.5) is 0 Å². The van der Waals surface area contributed by atoms with Crippen molar-refractivity contribution in [1.29, 1.82) is 0 Å². The molecule has 0 N–H and O–H groups in total. The van der Waals surface area contributed by atoms with Gasteiger partial charge in [-0.1, -0.05) is 0 Å². The van der Waals surface area contributed by atoms with E-state index in [4.69, 9.17) is 3.32 Å². The number of rotatable bonds is 7. The molecule has 0 spiro atoms. The van der Waals surface area contributed by atoms with Gasteiger partial charge >= 0.3 is 44.1 Å². The maximum atomic E-state index is 9.89. The molecule has 0 aromatic heterocycles. The summed E-state index contributed by atoms with van der Waals surface area (Å²) < 4.78 is 4.75. The molecule has 15 heavy (non-hydrogen) atoms. The third-order valence-corrected chi connectivity index (χ3v) is 1.97. The molecule has 0 aromatic carbocycles. The Labute approximate surface area is 102 Å². The van der Waals surface area contributed by atoms with Gasteiger partial charge in [0.2, 0.25) is 0 Å². The van der Waals surface area contributed by atoms with Crippen molar-refractivity contribution < 1.29 is 38.5 Å². The zero-order chi connectivity index (χ0) is 12.1. The van der Waals surface area contributed by atoms with Crippen LogP contribution in [0.1, 0.15) is 13.8 Å². The second-order valence-corrected chi connectivity index (χ2v) is 3.25. The number of aldehydes is 3. The van der Waals surface area contributed by atoms with E-state index in [2.05, 4.69) is 0 Å². The maximum absolute atomic E-state index is 9.89. The van der Waals surface area contributed by atoms with Gasteiger partial charge in [-0.2, -0.15) is 0 Å². The molecular weight excluding hydrogens is 234 g/mol. The van der Waals surface area contributed by atoms with Gasteiger partial charge in [-0.05, 0) is 0 Å². The molecule has 0 aromatic rings. The van der Waals surface area contributed by atoms with Crippen LogP contribution in [0.3, 0.4) is 0 Å². The van der Waals surface area contributed by atoms with E-state index in [0.717, 1.165) is 0 Å². The molecule has 0 bridgehead atoms. The van der Waals surface area contributed by atoms with Gasteiger partial charge in [-0.3, -0.25) is 4.90 Å². The molecule has 6 heteroatoms. The summed E-state index contributed by atoms with van der Waals surface area (Å²) in [5, 5.41) is 0. The summed E-state index contributed by atoms with van der Waals surface area (Å²) >= 11 is 1.70. The van der Waals surface area contributed by atoms with Gasteiger partial charge in [0.15, 0.2) is 0 Å². The van der Waals surface area contributed by atoms with Crippen LogP contribution < -0.4 is 0 Å². The van der Waals surface area contributed by atoms with Gasteiger partial charge in [-0.15, -0.1) is 0 Å². The van der Waals surface area contributed by atoms with Crippen LogP contribution in [0.5, 0.6) is 0 Å². The van der Waals surface area contributed by atoms with Gasteiger partial charge in [-0.25, -0.2) is 0 Å². The van der Waals surface area contributed by atoms with Gasteiger partial charge in [0.25, 0.3) is 0 Å². The van der Waals surface area contributed by atoms with Crippen LogP contribution in [0.25, 0.3) is 0 Å². The minimum atomic E-state index is 0.136. The van der Waals surface area contributed by atoms with Gasteiger partial charge in [0.05, 0.1) is 19.6 Å². The Kier molecular flexibility index (Phi) is 15.5. The minimum Gasteiger partial charge on any atom is -0.302 e. The SMILES string of the molecule is CC(C)[O][Ti].O=CCN(CC=O)CC=O. The predicted molar refractivity (Wildman–Crippen MR) is 50.9 cm³/mol. The number of carbonyl (C=O) groups excluding carboxylic acids is 3. The van der Waals surface area contributed by atoms with Gasteiger partial charge in [0.1, 0.15) is 18.9 Å². The van der Waals surface area contributed by atoms with E-state index in [1.807, 2.05) is 13.8 Å². The van der Waals surface area contributed by atoms with Crippen LogP contribution in [0.15, 0.2) is 0 Å². The number of hydrogen-bond acceptors (Lipinski definition) is 5. The van der Waals surface area contributed by atoms with Crippen molar-refractivity contribution >= 4 is 18.9 Å². The molecular formula is C9H16NO4Ti. The molecule has 85 valence electrons. The third kappa shape index (κ3) is 16.3. The second-order valence-electron chi connectivity index (χ2n) is 2.89. The van der Waals surface area contributed by atoms with Crippen molar-refractivity contribution in [3.63, 3.8) is 0 Å². The van der Waals surface area contributed by atoms with Crippen LogP contribution in [0.2, 0.25) is 0 Å². The molecule has 0 amide bonds. The molecule has 0 saturated heterocycles. The Morgan fingerprint density at radius 1 is 1.07 bits per heavy atom. The third-order valence-electron chi connectivity index (χ3n) is 1.23. The Balaban J connectivity index is 0. The standard InChI is InChI=1S/C6H9NO3.C3H7O.Ti/c8-4-1-7(2-5-9)3-6-10;1-3(2)4;/h4-6H,1-3H2;3H,1-2H3;/q;-1;+1. The Hall–Kier alpha value is -0.356. The normalized spacial score (nSPS) is 9.27. The molecule has 0 radical (unpaired) electrons. The first-order valence-corrected chi connectivity index (χ1v) is 5.11. The van der Waals surface area contributed by atoms with E-state index in [1.165, 1.54) is 4.90 Å². The summed E-state index contributed by atoms with van der Waals surface area (Å²) in [6.07, 6.45) is 2.36. The molecule has 0 rings (SSSR count). The fraction of sp³-hybridized carbons (Fsp3) is 0.667. The summed E-state index contributed by atoms with van der Waals surface area (Å²) in [5.74, 6) is 0. The molecule has 5 nitrogen and oxygen atoms in total. The van der Waals surface area contributed by atoms with Crippen LogP contribution in [-0.2, 0) is 38.5 Å². The van der Waals surface area contributed by atoms with Gasteiger partial charge < -0.3 is 14.4 Å². The van der Waals surface area contributed by atoms with E-state index in [0.29, 0.717) is 25.0 Å². The van der Waals surface area contributed by atoms with Crippen LogP contribution in [-0.4, -0.2) is 49.5 Å². The average Bonchev–Trinajstić information content (AvgIpc) is 2.20. The molecule has 0 fully saturated rings. The van der Waals surface area contributed by atoms with E-state index in [1.54, 1.807) is 20.8 Å². The summed E-state index contributed by atoms with van der Waals surface area (Å²) in [7, 11) is 0. The topological polar surface area (TPSA) is 63.7 Å². The zero-order valence-electron chi connectivity index (χ0n) is 9.01. The van der Waals surface area contributed by atoms with Crippen molar-refractivity contribution in [3.05, 3.63) is 0 Å². The summed E-state index contributed by atoms with van der Waals surface area (Å²) in [6, 6.07) is 0. The van der Waals surface area contributed by atoms with Crippen molar-refractivity contribution in [3.8, 4) is 0 Å². The smallest absolute Gasteiger partial charge is 0.134 e. The molecule has 0 atom stereocenters. The summed E-state index contributed by atoms with van der Waals surface area (Å²) in [4.78, 5) is 31.1. The van der Waals surface area contributed by atoms with Crippen molar-refractivity contribution in [2.75, 3.05) is 19.6 Å². The van der Waals surface area contributed by atoms with Crippen molar-refractivity contribution in [2.24, 2.45) is 0 Å². The molecule has 0 aliphatic heterocycles. The maximum Gasteiger partial charge on any atom is 0.134 e. The molecule has 0 saturated carbocycles. The van der Waals surface area contributed by atoms with Crippen LogP contribution in [0, 0.1) is 0 Å². The summed E-state index contributed by atoms with van der Waals surface area (Å²) in [5.41, 5.74) is 0. The molecule has 0 aliphatic carbocycles. The van der Waals surface area contributed by atoms with Crippen molar-refractivity contribution in [2.45, 2.75) is 20.0 Å². The zero-order valence-corrected chi connectivity index (χ0v) is 10.6. The van der Waals surface area contributed by atoms with Crippen molar-refractivity contribution in [1.82, 2.24) is 4.90 Å². The van der Waals surface area contributed by atoms with Crippen LogP contribution >= 0.6 is 0 Å². The Morgan fingerprint density at radius 2 is 1.33 bits per heavy atom. The predicted octanol–water partition coefficient (Wildman–Crippen LogP) is -0.242. The van der Waals surface area contributed by atoms with Gasteiger partial charge in [0, 0.05) is 0 Å². The average molecular weight is 250 g/mol. The number of nitrogens with zero attached hydrogens (tertiary/aromatic N) is 1.